The van der Waals surface area contributed by atoms with Gasteiger partial charge in [-0.2, -0.15) is 0 Å². The van der Waals surface area contributed by atoms with E-state index in [1.807, 2.05) is 10.2 Å². The SMILES string of the molecule is CCNCCn1nnnc1SCCc1scnc1C. The molecule has 104 valence electrons. The first-order chi connectivity index (χ1) is 9.31. The number of hydrogen-bond donors (Lipinski definition) is 1. The fourth-order valence-corrected chi connectivity index (χ4v) is 3.37. The summed E-state index contributed by atoms with van der Waals surface area (Å²) in [5, 5.41) is 16.0. The molecule has 0 aromatic carbocycles. The Balaban J connectivity index is 1.79. The van der Waals surface area contributed by atoms with Crippen molar-refractivity contribution in [3.05, 3.63) is 16.1 Å². The van der Waals surface area contributed by atoms with Crippen LogP contribution in [0.5, 0.6) is 0 Å². The monoisotopic (exact) mass is 298 g/mol. The number of tetrazole rings is 1. The molecule has 0 spiro atoms. The number of aryl methyl sites for hydroxylation is 2. The molecule has 6 nitrogen and oxygen atoms in total. The zero-order chi connectivity index (χ0) is 13.5. The summed E-state index contributed by atoms with van der Waals surface area (Å²) >= 11 is 3.41. The molecule has 2 heterocycles. The van der Waals surface area contributed by atoms with Crippen molar-refractivity contribution >= 4 is 23.1 Å². The van der Waals surface area contributed by atoms with Crippen molar-refractivity contribution in [3.63, 3.8) is 0 Å². The Labute approximate surface area is 121 Å². The number of hydrogen-bond acceptors (Lipinski definition) is 7. The maximum absolute atomic E-state index is 4.26. The molecule has 0 aliphatic heterocycles. The van der Waals surface area contributed by atoms with Crippen LogP contribution in [0.1, 0.15) is 17.5 Å². The van der Waals surface area contributed by atoms with Crippen molar-refractivity contribution in [1.29, 1.82) is 0 Å². The van der Waals surface area contributed by atoms with Crippen molar-refractivity contribution in [3.8, 4) is 0 Å². The topological polar surface area (TPSA) is 68.5 Å². The summed E-state index contributed by atoms with van der Waals surface area (Å²) in [4.78, 5) is 5.60. The van der Waals surface area contributed by atoms with Crippen molar-refractivity contribution in [1.82, 2.24) is 30.5 Å². The van der Waals surface area contributed by atoms with Gasteiger partial charge in [0.15, 0.2) is 0 Å². The lowest BCUT2D eigenvalue weighted by molar-refractivity contribution is 0.517. The van der Waals surface area contributed by atoms with E-state index < -0.39 is 0 Å². The molecule has 19 heavy (non-hydrogen) atoms. The normalized spacial score (nSPS) is 11.1. The van der Waals surface area contributed by atoms with Gasteiger partial charge in [0.2, 0.25) is 5.16 Å². The van der Waals surface area contributed by atoms with Crippen molar-refractivity contribution < 1.29 is 0 Å². The van der Waals surface area contributed by atoms with Crippen LogP contribution in [0, 0.1) is 6.92 Å². The molecule has 0 unspecified atom stereocenters. The van der Waals surface area contributed by atoms with Crippen LogP contribution in [0.3, 0.4) is 0 Å². The Morgan fingerprint density at radius 1 is 1.47 bits per heavy atom. The highest BCUT2D eigenvalue weighted by Gasteiger charge is 2.07. The predicted octanol–water partition coefficient (Wildman–Crippen LogP) is 1.38. The zero-order valence-corrected chi connectivity index (χ0v) is 12.8. The molecule has 0 saturated heterocycles. The third kappa shape index (κ3) is 4.26. The molecule has 0 fully saturated rings. The second kappa shape index (κ2) is 7.56. The van der Waals surface area contributed by atoms with Gasteiger partial charge in [0.05, 0.1) is 17.7 Å². The molecular weight excluding hydrogens is 280 g/mol. The molecule has 2 rings (SSSR count). The maximum Gasteiger partial charge on any atom is 0.209 e. The minimum absolute atomic E-state index is 0.808. The van der Waals surface area contributed by atoms with Crippen molar-refractivity contribution in [2.24, 2.45) is 0 Å². The second-order valence-corrected chi connectivity index (χ2v) is 6.00. The Morgan fingerprint density at radius 3 is 3.11 bits per heavy atom. The second-order valence-electron chi connectivity index (χ2n) is 4.00. The number of nitrogens with zero attached hydrogens (tertiary/aromatic N) is 5. The van der Waals surface area contributed by atoms with Gasteiger partial charge in [0.1, 0.15) is 0 Å². The van der Waals surface area contributed by atoms with Gasteiger partial charge in [-0.3, -0.25) is 0 Å². The van der Waals surface area contributed by atoms with Gasteiger partial charge >= 0.3 is 0 Å². The predicted molar refractivity (Wildman–Crippen MR) is 77.6 cm³/mol. The zero-order valence-electron chi connectivity index (χ0n) is 11.2. The van der Waals surface area contributed by atoms with E-state index >= 15 is 0 Å². The lowest BCUT2D eigenvalue weighted by atomic mass is 10.3. The van der Waals surface area contributed by atoms with Crippen molar-refractivity contribution in [2.45, 2.75) is 32.0 Å². The number of nitrogens with one attached hydrogen (secondary N) is 1. The molecule has 1 N–H and O–H groups in total. The first-order valence-electron chi connectivity index (χ1n) is 6.30. The van der Waals surface area contributed by atoms with Gasteiger partial charge < -0.3 is 5.32 Å². The van der Waals surface area contributed by atoms with E-state index in [4.69, 9.17) is 0 Å². The number of likely N-dealkylation sites (N-methyl/N-ethyl adjacent to an activating group) is 1. The number of thiazole rings is 1. The van der Waals surface area contributed by atoms with Crippen LogP contribution in [0.2, 0.25) is 0 Å². The van der Waals surface area contributed by atoms with E-state index in [0.717, 1.165) is 42.7 Å². The molecule has 2 aromatic heterocycles. The van der Waals surface area contributed by atoms with E-state index in [9.17, 15) is 0 Å². The molecule has 0 radical (unpaired) electrons. The van der Waals surface area contributed by atoms with E-state index in [0.29, 0.717) is 0 Å². The molecule has 0 amide bonds. The van der Waals surface area contributed by atoms with E-state index in [2.05, 4.69) is 39.7 Å². The molecule has 2 aromatic rings. The van der Waals surface area contributed by atoms with Crippen molar-refractivity contribution in [2.75, 3.05) is 18.8 Å². The Bertz CT molecular complexity index is 495. The van der Waals surface area contributed by atoms with Crippen LogP contribution >= 0.6 is 23.1 Å². The standard InChI is InChI=1S/C11H18N6S2/c1-3-12-5-6-17-11(14-15-16-17)18-7-4-10-9(2)13-8-19-10/h8,12H,3-7H2,1-2H3. The van der Waals surface area contributed by atoms with Gasteiger partial charge in [-0.25, -0.2) is 9.67 Å². The van der Waals surface area contributed by atoms with Crippen LogP contribution in [-0.2, 0) is 13.0 Å². The fraction of sp³-hybridized carbons (Fsp3) is 0.636. The van der Waals surface area contributed by atoms with E-state index in [1.54, 1.807) is 23.1 Å². The van der Waals surface area contributed by atoms with Crippen LogP contribution < -0.4 is 5.32 Å². The summed E-state index contributed by atoms with van der Waals surface area (Å²) in [6.45, 7) is 6.81. The van der Waals surface area contributed by atoms with Crippen LogP contribution in [0.25, 0.3) is 0 Å². The van der Waals surface area contributed by atoms with Crippen LogP contribution in [0.15, 0.2) is 10.7 Å². The highest BCUT2D eigenvalue weighted by atomic mass is 32.2. The Hall–Kier alpha value is -0.990. The third-order valence-corrected chi connectivity index (χ3v) is 4.61. The van der Waals surface area contributed by atoms with Crippen LogP contribution in [-0.4, -0.2) is 44.0 Å². The minimum Gasteiger partial charge on any atom is -0.315 e. The summed E-state index contributed by atoms with van der Waals surface area (Å²) < 4.78 is 1.85. The maximum atomic E-state index is 4.26. The summed E-state index contributed by atoms with van der Waals surface area (Å²) in [7, 11) is 0. The molecule has 0 aliphatic rings. The minimum atomic E-state index is 0.808. The average Bonchev–Trinajstić information content (AvgIpc) is 3.00. The number of thioether (sulfide) groups is 1. The number of rotatable bonds is 8. The van der Waals surface area contributed by atoms with Gasteiger partial charge in [0.25, 0.3) is 0 Å². The summed E-state index contributed by atoms with van der Waals surface area (Å²) in [6.07, 6.45) is 1.02. The molecular formula is C11H18N6S2. The first-order valence-corrected chi connectivity index (χ1v) is 8.16. The van der Waals surface area contributed by atoms with E-state index in [-0.39, 0.29) is 0 Å². The molecule has 8 heteroatoms. The average molecular weight is 298 g/mol. The molecule has 0 bridgehead atoms. The Kier molecular flexibility index (Phi) is 5.74. The molecule has 0 atom stereocenters. The fourth-order valence-electron chi connectivity index (χ4n) is 1.60. The van der Waals surface area contributed by atoms with Gasteiger partial charge in [-0.15, -0.1) is 16.4 Å². The highest BCUT2D eigenvalue weighted by Crippen LogP contribution is 2.19. The summed E-state index contributed by atoms with van der Waals surface area (Å²) in [6, 6.07) is 0. The molecule has 0 aliphatic carbocycles. The van der Waals surface area contributed by atoms with Gasteiger partial charge in [-0.05, 0) is 30.3 Å². The van der Waals surface area contributed by atoms with E-state index in [1.165, 1.54) is 4.88 Å². The molecule has 0 saturated carbocycles. The largest absolute Gasteiger partial charge is 0.315 e. The van der Waals surface area contributed by atoms with Gasteiger partial charge in [-0.1, -0.05) is 18.7 Å². The smallest absolute Gasteiger partial charge is 0.209 e. The quantitative estimate of drug-likeness (QED) is 0.586. The first kappa shape index (κ1) is 14.4. The third-order valence-electron chi connectivity index (χ3n) is 2.65. The number of aromatic nitrogens is 5. The summed E-state index contributed by atoms with van der Waals surface area (Å²) in [5.74, 6) is 0.977. The van der Waals surface area contributed by atoms with Gasteiger partial charge in [0, 0.05) is 17.2 Å². The lowest BCUT2D eigenvalue weighted by Crippen LogP contribution is -2.20. The van der Waals surface area contributed by atoms with Crippen LogP contribution in [0.4, 0.5) is 0 Å². The highest BCUT2D eigenvalue weighted by molar-refractivity contribution is 7.99. The lowest BCUT2D eigenvalue weighted by Gasteiger charge is -2.04. The summed E-state index contributed by atoms with van der Waals surface area (Å²) in [5.41, 5.74) is 3.04. The Morgan fingerprint density at radius 2 is 2.37 bits per heavy atom.